The first-order valence-corrected chi connectivity index (χ1v) is 11.2. The second kappa shape index (κ2) is 9.44. The fraction of sp³-hybridized carbons (Fsp3) is 0.154. The van der Waals surface area contributed by atoms with Gasteiger partial charge in [0.1, 0.15) is 17.6 Å². The lowest BCUT2D eigenvalue weighted by atomic mass is 10.0. The number of ether oxygens (including phenoxy) is 1. The minimum atomic E-state index is -0.415. The van der Waals surface area contributed by atoms with Crippen LogP contribution in [0, 0.1) is 0 Å². The van der Waals surface area contributed by atoms with Crippen LogP contribution in [0.3, 0.4) is 0 Å². The van der Waals surface area contributed by atoms with E-state index in [0.717, 1.165) is 11.3 Å². The Labute approximate surface area is 202 Å². The molecule has 0 spiro atoms. The van der Waals surface area contributed by atoms with Gasteiger partial charge in [0.2, 0.25) is 0 Å². The smallest absolute Gasteiger partial charge is 0.338 e. The Kier molecular flexibility index (Phi) is 6.05. The lowest BCUT2D eigenvalue weighted by Crippen LogP contribution is -2.29. The predicted octanol–water partition coefficient (Wildman–Crippen LogP) is 4.70. The molecular formula is C26H22N4O3S. The van der Waals surface area contributed by atoms with Gasteiger partial charge in [0.25, 0.3) is 0 Å². The van der Waals surface area contributed by atoms with Crippen LogP contribution in [0.1, 0.15) is 39.5 Å². The molecule has 170 valence electrons. The molecule has 0 unspecified atom stereocenters. The molecule has 0 amide bonds. The molecule has 0 aliphatic carbocycles. The summed E-state index contributed by atoms with van der Waals surface area (Å²) in [6, 6.07) is 20.3. The van der Waals surface area contributed by atoms with Gasteiger partial charge in [-0.1, -0.05) is 30.3 Å². The maximum atomic E-state index is 12.3. The number of pyridine rings is 2. The van der Waals surface area contributed by atoms with Gasteiger partial charge in [-0.15, -0.1) is 0 Å². The summed E-state index contributed by atoms with van der Waals surface area (Å²) in [6.45, 7) is 0.558. The number of benzene rings is 1. The van der Waals surface area contributed by atoms with Crippen LogP contribution in [0.5, 0.6) is 0 Å². The van der Waals surface area contributed by atoms with Gasteiger partial charge in [-0.25, -0.2) is 4.79 Å². The van der Waals surface area contributed by atoms with E-state index < -0.39 is 5.97 Å². The second-order valence-electron chi connectivity index (χ2n) is 7.85. The van der Waals surface area contributed by atoms with Crippen molar-refractivity contribution < 1.29 is 13.9 Å². The highest BCUT2D eigenvalue weighted by Crippen LogP contribution is 2.41. The summed E-state index contributed by atoms with van der Waals surface area (Å²) in [7, 11) is 1.37. The summed E-state index contributed by atoms with van der Waals surface area (Å²) >= 11 is 5.73. The van der Waals surface area contributed by atoms with Gasteiger partial charge in [-0.2, -0.15) is 0 Å². The van der Waals surface area contributed by atoms with Crippen LogP contribution >= 0.6 is 12.2 Å². The maximum absolute atomic E-state index is 12.3. The molecule has 1 aromatic carbocycles. The van der Waals surface area contributed by atoms with E-state index in [1.54, 1.807) is 24.5 Å². The van der Waals surface area contributed by atoms with Crippen molar-refractivity contribution in [3.63, 3.8) is 0 Å². The number of furan rings is 1. The maximum Gasteiger partial charge on any atom is 0.338 e. The Bertz CT molecular complexity index is 1310. The van der Waals surface area contributed by atoms with E-state index in [0.29, 0.717) is 34.3 Å². The minimum Gasteiger partial charge on any atom is -0.465 e. The number of rotatable bonds is 6. The molecule has 4 heterocycles. The zero-order valence-corrected chi connectivity index (χ0v) is 19.2. The molecular weight excluding hydrogens is 448 g/mol. The topological polar surface area (TPSA) is 80.5 Å². The van der Waals surface area contributed by atoms with E-state index in [-0.39, 0.29) is 12.1 Å². The summed E-state index contributed by atoms with van der Waals surface area (Å²) in [5, 5.41) is 4.03. The second-order valence-corrected chi connectivity index (χ2v) is 8.24. The van der Waals surface area contributed by atoms with Gasteiger partial charge in [-0.3, -0.25) is 9.97 Å². The first kappa shape index (κ1) is 21.8. The molecule has 34 heavy (non-hydrogen) atoms. The number of methoxy groups -OCH3 is 1. The third-order valence-electron chi connectivity index (χ3n) is 5.79. The van der Waals surface area contributed by atoms with E-state index in [1.807, 2.05) is 60.8 Å². The Morgan fingerprint density at radius 3 is 2.71 bits per heavy atom. The summed E-state index contributed by atoms with van der Waals surface area (Å²) in [4.78, 5) is 23.2. The first-order valence-electron chi connectivity index (χ1n) is 10.8. The van der Waals surface area contributed by atoms with Crippen LogP contribution in [0.15, 0.2) is 89.7 Å². The van der Waals surface area contributed by atoms with Crippen LogP contribution < -0.4 is 5.32 Å². The highest BCUT2D eigenvalue weighted by atomic mass is 32.1. The van der Waals surface area contributed by atoms with E-state index in [1.165, 1.54) is 7.11 Å². The zero-order chi connectivity index (χ0) is 23.5. The van der Waals surface area contributed by atoms with E-state index in [2.05, 4.69) is 20.2 Å². The van der Waals surface area contributed by atoms with Gasteiger partial charge in [0, 0.05) is 30.7 Å². The lowest BCUT2D eigenvalue weighted by Gasteiger charge is -2.26. The largest absolute Gasteiger partial charge is 0.465 e. The monoisotopic (exact) mass is 470 g/mol. The third-order valence-corrected chi connectivity index (χ3v) is 6.14. The molecule has 8 heteroatoms. The number of thiocarbonyl (C=S) groups is 1. The first-order chi connectivity index (χ1) is 16.7. The van der Waals surface area contributed by atoms with Gasteiger partial charge in [0.15, 0.2) is 5.11 Å². The number of hydrogen-bond acceptors (Lipinski definition) is 6. The molecule has 2 atom stereocenters. The van der Waals surface area contributed by atoms with Crippen LogP contribution in [0.2, 0.25) is 0 Å². The standard InChI is InChI=1S/C26H22N4O3S/c1-32-25(31)19-9-3-2-8-18(19)21-11-12-22(33-21)24-23(20-10-4-5-14-28-20)29-26(34)30(24)16-17-7-6-13-27-15-17/h2-15,23-24H,16H2,1H3,(H,29,34)/t23-,24-/m1/s1. The predicted molar refractivity (Wildman–Crippen MR) is 131 cm³/mol. The van der Waals surface area contributed by atoms with Crippen LogP contribution in [-0.2, 0) is 11.3 Å². The number of aromatic nitrogens is 2. The summed E-state index contributed by atoms with van der Waals surface area (Å²) in [5.74, 6) is 0.873. The molecule has 1 saturated heterocycles. The number of carbonyl (C=O) groups is 1. The molecule has 3 aromatic heterocycles. The summed E-state index contributed by atoms with van der Waals surface area (Å²) < 4.78 is 11.3. The molecule has 1 fully saturated rings. The van der Waals surface area contributed by atoms with Crippen molar-refractivity contribution in [1.82, 2.24) is 20.2 Å². The quantitative estimate of drug-likeness (QED) is 0.321. The van der Waals surface area contributed by atoms with Crippen molar-refractivity contribution in [3.05, 3.63) is 108 Å². The fourth-order valence-electron chi connectivity index (χ4n) is 4.22. The fourth-order valence-corrected chi connectivity index (χ4v) is 4.52. The number of esters is 1. The van der Waals surface area contributed by atoms with E-state index >= 15 is 0 Å². The minimum absolute atomic E-state index is 0.208. The number of hydrogen-bond donors (Lipinski definition) is 1. The molecule has 0 saturated carbocycles. The van der Waals surface area contributed by atoms with Crippen LogP contribution in [0.4, 0.5) is 0 Å². The van der Waals surface area contributed by atoms with Crippen LogP contribution in [0.25, 0.3) is 11.3 Å². The highest BCUT2D eigenvalue weighted by Gasteiger charge is 2.41. The normalized spacial score (nSPS) is 17.4. The van der Waals surface area contributed by atoms with Crippen molar-refractivity contribution in [2.24, 2.45) is 0 Å². The van der Waals surface area contributed by atoms with Crippen molar-refractivity contribution in [3.8, 4) is 11.3 Å². The van der Waals surface area contributed by atoms with Gasteiger partial charge in [0.05, 0.1) is 24.4 Å². The molecule has 7 nitrogen and oxygen atoms in total. The molecule has 1 N–H and O–H groups in total. The van der Waals surface area contributed by atoms with Crippen molar-refractivity contribution in [2.75, 3.05) is 7.11 Å². The average Bonchev–Trinajstić information content (AvgIpc) is 3.49. The van der Waals surface area contributed by atoms with Crippen molar-refractivity contribution in [1.29, 1.82) is 0 Å². The highest BCUT2D eigenvalue weighted by molar-refractivity contribution is 7.80. The molecule has 1 aliphatic rings. The van der Waals surface area contributed by atoms with Crippen LogP contribution in [-0.4, -0.2) is 33.1 Å². The number of nitrogens with zero attached hydrogens (tertiary/aromatic N) is 3. The Morgan fingerprint density at radius 2 is 1.94 bits per heavy atom. The van der Waals surface area contributed by atoms with E-state index in [9.17, 15) is 4.79 Å². The summed E-state index contributed by atoms with van der Waals surface area (Å²) in [6.07, 6.45) is 5.34. The summed E-state index contributed by atoms with van der Waals surface area (Å²) in [5.41, 5.74) is 3.00. The zero-order valence-electron chi connectivity index (χ0n) is 18.4. The van der Waals surface area contributed by atoms with Gasteiger partial charge in [-0.05, 0) is 54.2 Å². The number of carbonyl (C=O) groups excluding carboxylic acids is 1. The molecule has 0 radical (unpaired) electrons. The lowest BCUT2D eigenvalue weighted by molar-refractivity contribution is 0.0601. The third kappa shape index (κ3) is 4.15. The average molecular weight is 471 g/mol. The molecule has 1 aliphatic heterocycles. The Morgan fingerprint density at radius 1 is 1.09 bits per heavy atom. The SMILES string of the molecule is COC(=O)c1ccccc1-c1ccc([C@@H]2[C@@H](c3ccccn3)NC(=S)N2Cc2cccnc2)o1. The Balaban J connectivity index is 1.55. The number of nitrogens with one attached hydrogen (secondary N) is 1. The molecule has 5 rings (SSSR count). The Hall–Kier alpha value is -4.04. The van der Waals surface area contributed by atoms with Crippen molar-refractivity contribution >= 4 is 23.3 Å². The van der Waals surface area contributed by atoms with E-state index in [4.69, 9.17) is 21.4 Å². The molecule has 0 bridgehead atoms. The van der Waals surface area contributed by atoms with Crippen molar-refractivity contribution in [2.45, 2.75) is 18.6 Å². The van der Waals surface area contributed by atoms with Gasteiger partial charge < -0.3 is 19.4 Å². The van der Waals surface area contributed by atoms with Gasteiger partial charge >= 0.3 is 5.97 Å². The molecule has 4 aromatic rings.